The molecule has 2 heterocycles. The van der Waals surface area contributed by atoms with Crippen molar-refractivity contribution in [1.82, 2.24) is 5.16 Å². The number of aryl methyl sites for hydroxylation is 1. The summed E-state index contributed by atoms with van der Waals surface area (Å²) in [5.41, 5.74) is 2.86. The number of hydrogen-bond donors (Lipinski definition) is 0. The number of carbonyl (C=O) groups excluding carboxylic acids is 1. The van der Waals surface area contributed by atoms with Crippen molar-refractivity contribution < 1.29 is 14.1 Å². The fourth-order valence-corrected chi connectivity index (χ4v) is 2.80. The number of ether oxygens (including phenoxy) is 1. The van der Waals surface area contributed by atoms with Gasteiger partial charge in [0.05, 0.1) is 0 Å². The maximum atomic E-state index is 12.2. The minimum atomic E-state index is 0.0617. The summed E-state index contributed by atoms with van der Waals surface area (Å²) in [7, 11) is 0. The zero-order valence-corrected chi connectivity index (χ0v) is 12.9. The Hall–Kier alpha value is -1.94. The van der Waals surface area contributed by atoms with Gasteiger partial charge in [-0.25, -0.2) is 0 Å². The topological polar surface area (TPSA) is 52.3 Å². The zero-order valence-electron chi connectivity index (χ0n) is 12.9. The lowest BCUT2D eigenvalue weighted by atomic mass is 9.99. The third-order valence-electron chi connectivity index (χ3n) is 4.27. The number of benzene rings is 1. The van der Waals surface area contributed by atoms with Gasteiger partial charge in [-0.1, -0.05) is 29.4 Å². The lowest BCUT2D eigenvalue weighted by molar-refractivity contribution is 0.0962. The molecule has 0 aliphatic carbocycles. The highest BCUT2D eigenvalue weighted by molar-refractivity contribution is 5.94. The highest BCUT2D eigenvalue weighted by atomic mass is 16.5. The fourth-order valence-electron chi connectivity index (χ4n) is 2.80. The van der Waals surface area contributed by atoms with E-state index in [1.54, 1.807) is 6.07 Å². The summed E-state index contributed by atoms with van der Waals surface area (Å²) in [6.45, 7) is 3.68. The number of nitrogens with zero attached hydrogens (tertiary/aromatic N) is 1. The zero-order chi connectivity index (χ0) is 15.4. The molecule has 4 heteroatoms. The van der Waals surface area contributed by atoms with E-state index >= 15 is 0 Å². The van der Waals surface area contributed by atoms with Crippen molar-refractivity contribution in [2.75, 3.05) is 13.2 Å². The number of hydrogen-bond acceptors (Lipinski definition) is 4. The van der Waals surface area contributed by atoms with E-state index < -0.39 is 0 Å². The third kappa shape index (κ3) is 3.63. The van der Waals surface area contributed by atoms with Crippen LogP contribution in [-0.2, 0) is 11.2 Å². The van der Waals surface area contributed by atoms with Crippen LogP contribution in [0.4, 0.5) is 0 Å². The molecular formula is C18H21NO3. The Labute approximate surface area is 130 Å². The van der Waals surface area contributed by atoms with E-state index in [0.29, 0.717) is 24.5 Å². The van der Waals surface area contributed by atoms with E-state index in [0.717, 1.165) is 31.8 Å². The molecule has 0 bridgehead atoms. The van der Waals surface area contributed by atoms with Crippen LogP contribution in [0.1, 0.15) is 46.6 Å². The van der Waals surface area contributed by atoms with Crippen LogP contribution in [0.5, 0.6) is 0 Å². The van der Waals surface area contributed by atoms with E-state index in [4.69, 9.17) is 9.26 Å². The molecule has 1 unspecified atom stereocenters. The Balaban J connectivity index is 1.58. The van der Waals surface area contributed by atoms with Crippen LogP contribution in [-0.4, -0.2) is 24.2 Å². The monoisotopic (exact) mass is 299 g/mol. The fraction of sp³-hybridized carbons (Fsp3) is 0.444. The molecule has 0 amide bonds. The third-order valence-corrected chi connectivity index (χ3v) is 4.27. The van der Waals surface area contributed by atoms with Gasteiger partial charge in [0, 0.05) is 32.1 Å². The quantitative estimate of drug-likeness (QED) is 0.765. The van der Waals surface area contributed by atoms with Gasteiger partial charge in [-0.05, 0) is 36.8 Å². The first-order chi connectivity index (χ1) is 10.7. The van der Waals surface area contributed by atoms with Crippen molar-refractivity contribution in [3.8, 4) is 0 Å². The maximum absolute atomic E-state index is 12.2. The van der Waals surface area contributed by atoms with E-state index in [9.17, 15) is 4.79 Å². The van der Waals surface area contributed by atoms with Crippen LogP contribution in [0.2, 0.25) is 0 Å². The van der Waals surface area contributed by atoms with Crippen LogP contribution in [0.15, 0.2) is 34.9 Å². The molecule has 4 nitrogen and oxygen atoms in total. The number of aromatic nitrogens is 1. The summed E-state index contributed by atoms with van der Waals surface area (Å²) < 4.78 is 10.7. The molecular weight excluding hydrogens is 278 g/mol. The lowest BCUT2D eigenvalue weighted by Crippen LogP contribution is -2.05. The predicted molar refractivity (Wildman–Crippen MR) is 83.0 cm³/mol. The van der Waals surface area contributed by atoms with Crippen molar-refractivity contribution in [2.24, 2.45) is 5.92 Å². The van der Waals surface area contributed by atoms with Gasteiger partial charge in [-0.2, -0.15) is 0 Å². The smallest absolute Gasteiger partial charge is 0.184 e. The minimum absolute atomic E-state index is 0.0617. The second-order valence-electron chi connectivity index (χ2n) is 5.97. The highest BCUT2D eigenvalue weighted by Gasteiger charge is 2.19. The van der Waals surface area contributed by atoms with E-state index in [1.165, 1.54) is 11.1 Å². The normalized spacial score (nSPS) is 17.8. The Morgan fingerprint density at radius 2 is 2.23 bits per heavy atom. The van der Waals surface area contributed by atoms with Gasteiger partial charge in [-0.15, -0.1) is 0 Å². The molecule has 0 spiro atoms. The van der Waals surface area contributed by atoms with E-state index in [1.807, 2.05) is 12.1 Å². The van der Waals surface area contributed by atoms with Crippen molar-refractivity contribution in [2.45, 2.75) is 32.6 Å². The van der Waals surface area contributed by atoms with Gasteiger partial charge >= 0.3 is 0 Å². The van der Waals surface area contributed by atoms with Gasteiger partial charge in [-0.3, -0.25) is 4.79 Å². The number of carbonyl (C=O) groups is 1. The Bertz CT molecular complexity index is 641. The average Bonchev–Trinajstić information content (AvgIpc) is 3.19. The lowest BCUT2D eigenvalue weighted by Gasteiger charge is -2.04. The minimum Gasteiger partial charge on any atom is -0.381 e. The summed E-state index contributed by atoms with van der Waals surface area (Å²) in [5.74, 6) is 1.32. The van der Waals surface area contributed by atoms with Gasteiger partial charge in [0.25, 0.3) is 0 Å². The molecule has 1 saturated heterocycles. The summed E-state index contributed by atoms with van der Waals surface area (Å²) in [6, 6.07) is 9.94. The second-order valence-corrected chi connectivity index (χ2v) is 5.97. The molecule has 1 fully saturated rings. The predicted octanol–water partition coefficient (Wildman–Crippen LogP) is 3.57. The molecule has 1 atom stereocenters. The van der Waals surface area contributed by atoms with Gasteiger partial charge in [0.2, 0.25) is 0 Å². The molecule has 0 saturated carbocycles. The van der Waals surface area contributed by atoms with Crippen LogP contribution >= 0.6 is 0 Å². The first-order valence-corrected chi connectivity index (χ1v) is 7.83. The molecule has 0 N–H and O–H groups in total. The first-order valence-electron chi connectivity index (χ1n) is 7.83. The molecule has 1 aliphatic heterocycles. The molecule has 116 valence electrons. The van der Waals surface area contributed by atoms with Crippen LogP contribution in [0, 0.1) is 12.8 Å². The number of ketones is 1. The summed E-state index contributed by atoms with van der Waals surface area (Å²) in [4.78, 5) is 12.2. The molecule has 2 aromatic rings. The van der Waals surface area contributed by atoms with Crippen molar-refractivity contribution in [1.29, 1.82) is 0 Å². The van der Waals surface area contributed by atoms with Crippen LogP contribution < -0.4 is 0 Å². The Morgan fingerprint density at radius 3 is 3.00 bits per heavy atom. The average molecular weight is 299 g/mol. The van der Waals surface area contributed by atoms with Gasteiger partial charge < -0.3 is 9.26 Å². The molecule has 1 aromatic carbocycles. The summed E-state index contributed by atoms with van der Waals surface area (Å²) in [5, 5.41) is 3.93. The van der Waals surface area contributed by atoms with Gasteiger partial charge in [0.1, 0.15) is 11.5 Å². The molecule has 1 aromatic heterocycles. The number of rotatable bonds is 6. The first kappa shape index (κ1) is 15.0. The van der Waals surface area contributed by atoms with Gasteiger partial charge in [0.15, 0.2) is 5.78 Å². The standard InChI is InChI=1S/C18H21NO3/c1-13-4-2-3-5-15(13)10-16-11-17(19-22-16)18(20)7-6-14-8-9-21-12-14/h2-5,11,14H,6-10,12H2,1H3. The highest BCUT2D eigenvalue weighted by Crippen LogP contribution is 2.20. The Morgan fingerprint density at radius 1 is 1.36 bits per heavy atom. The second kappa shape index (κ2) is 6.88. The van der Waals surface area contributed by atoms with Crippen LogP contribution in [0.25, 0.3) is 0 Å². The van der Waals surface area contributed by atoms with Crippen molar-refractivity contribution >= 4 is 5.78 Å². The largest absolute Gasteiger partial charge is 0.381 e. The van der Waals surface area contributed by atoms with E-state index in [2.05, 4.69) is 24.2 Å². The molecule has 3 rings (SSSR count). The number of Topliss-reactive ketones (excluding diaryl/α,β-unsaturated/α-hetero) is 1. The summed E-state index contributed by atoms with van der Waals surface area (Å²) in [6.07, 6.45) is 3.12. The molecule has 22 heavy (non-hydrogen) atoms. The Kier molecular flexibility index (Phi) is 4.68. The molecule has 1 aliphatic rings. The van der Waals surface area contributed by atoms with E-state index in [-0.39, 0.29) is 5.78 Å². The van der Waals surface area contributed by atoms with Crippen molar-refractivity contribution in [3.05, 3.63) is 52.9 Å². The molecule has 0 radical (unpaired) electrons. The maximum Gasteiger partial charge on any atom is 0.184 e. The van der Waals surface area contributed by atoms with Crippen LogP contribution in [0.3, 0.4) is 0 Å². The SMILES string of the molecule is Cc1ccccc1Cc1cc(C(=O)CCC2CCOC2)no1. The van der Waals surface area contributed by atoms with Crippen molar-refractivity contribution in [3.63, 3.8) is 0 Å². The summed E-state index contributed by atoms with van der Waals surface area (Å²) >= 11 is 0.